The zero-order valence-corrected chi connectivity index (χ0v) is 11.8. The molecule has 0 saturated carbocycles. The van der Waals surface area contributed by atoms with Crippen molar-refractivity contribution in [3.05, 3.63) is 25.3 Å². The van der Waals surface area contributed by atoms with E-state index in [1.54, 1.807) is 0 Å². The number of unbranched alkanes of at least 4 members (excludes halogenated alkanes) is 3. The first kappa shape index (κ1) is 16.4. The van der Waals surface area contributed by atoms with E-state index in [-0.39, 0.29) is 0 Å². The minimum atomic E-state index is 0.616. The molecular formula is C15H30N2. The molecule has 0 aliphatic heterocycles. The number of rotatable bonds is 12. The zero-order chi connectivity index (χ0) is 12.9. The van der Waals surface area contributed by atoms with Crippen molar-refractivity contribution < 1.29 is 0 Å². The Kier molecular flexibility index (Phi) is 11.5. The molecule has 2 nitrogen and oxygen atoms in total. The minimum absolute atomic E-state index is 0.616. The van der Waals surface area contributed by atoms with Gasteiger partial charge in [-0.1, -0.05) is 38.8 Å². The highest BCUT2D eigenvalue weighted by Crippen LogP contribution is 2.02. The second kappa shape index (κ2) is 11.9. The predicted octanol–water partition coefficient (Wildman–Crippen LogP) is 3.22. The Morgan fingerprint density at radius 1 is 1.00 bits per heavy atom. The van der Waals surface area contributed by atoms with Gasteiger partial charge in [-0.15, -0.1) is 13.2 Å². The molecule has 0 bridgehead atoms. The van der Waals surface area contributed by atoms with Crippen molar-refractivity contribution in [2.75, 3.05) is 26.2 Å². The lowest BCUT2D eigenvalue weighted by Gasteiger charge is -2.18. The summed E-state index contributed by atoms with van der Waals surface area (Å²) >= 11 is 0. The molecule has 0 amide bonds. The van der Waals surface area contributed by atoms with Crippen molar-refractivity contribution in [1.82, 2.24) is 10.2 Å². The Bertz CT molecular complexity index is 177. The molecule has 0 fully saturated rings. The van der Waals surface area contributed by atoms with Gasteiger partial charge in [0.15, 0.2) is 0 Å². The van der Waals surface area contributed by atoms with E-state index >= 15 is 0 Å². The second-order valence-corrected chi connectivity index (χ2v) is 4.86. The van der Waals surface area contributed by atoms with Crippen molar-refractivity contribution >= 4 is 0 Å². The van der Waals surface area contributed by atoms with Gasteiger partial charge in [0, 0.05) is 19.1 Å². The van der Waals surface area contributed by atoms with Crippen LogP contribution in [0.2, 0.25) is 0 Å². The van der Waals surface area contributed by atoms with E-state index in [2.05, 4.69) is 37.2 Å². The molecule has 0 atom stereocenters. The topological polar surface area (TPSA) is 15.3 Å². The maximum atomic E-state index is 3.78. The number of nitrogens with one attached hydrogen (secondary N) is 1. The first-order chi connectivity index (χ1) is 8.20. The van der Waals surface area contributed by atoms with E-state index in [0.29, 0.717) is 6.04 Å². The zero-order valence-electron chi connectivity index (χ0n) is 11.8. The average Bonchev–Trinajstić information content (AvgIpc) is 2.28. The highest BCUT2D eigenvalue weighted by atomic mass is 15.1. The number of hydrogen-bond donors (Lipinski definition) is 1. The van der Waals surface area contributed by atoms with Gasteiger partial charge in [0.1, 0.15) is 0 Å². The van der Waals surface area contributed by atoms with Crippen LogP contribution >= 0.6 is 0 Å². The van der Waals surface area contributed by atoms with Crippen LogP contribution in [0.3, 0.4) is 0 Å². The fourth-order valence-electron chi connectivity index (χ4n) is 1.83. The molecule has 0 heterocycles. The lowest BCUT2D eigenvalue weighted by molar-refractivity contribution is 0.324. The molecule has 0 aromatic heterocycles. The molecule has 0 aromatic carbocycles. The van der Waals surface area contributed by atoms with E-state index in [9.17, 15) is 0 Å². The molecule has 0 saturated heterocycles. The Hall–Kier alpha value is -0.600. The van der Waals surface area contributed by atoms with Gasteiger partial charge < -0.3 is 5.32 Å². The molecule has 0 spiro atoms. The smallest absolute Gasteiger partial charge is 0.0163 e. The monoisotopic (exact) mass is 238 g/mol. The van der Waals surface area contributed by atoms with Gasteiger partial charge in [0.25, 0.3) is 0 Å². The highest BCUT2D eigenvalue weighted by molar-refractivity contribution is 4.79. The fourth-order valence-corrected chi connectivity index (χ4v) is 1.83. The summed E-state index contributed by atoms with van der Waals surface area (Å²) in [5.74, 6) is 0. The number of hydrogen-bond acceptors (Lipinski definition) is 2. The van der Waals surface area contributed by atoms with Crippen LogP contribution in [0.1, 0.15) is 39.5 Å². The van der Waals surface area contributed by atoms with Gasteiger partial charge in [0.05, 0.1) is 0 Å². The molecule has 0 rings (SSSR count). The molecular weight excluding hydrogens is 208 g/mol. The highest BCUT2D eigenvalue weighted by Gasteiger charge is 1.99. The lowest BCUT2D eigenvalue weighted by atomic mass is 10.2. The summed E-state index contributed by atoms with van der Waals surface area (Å²) in [5.41, 5.74) is 0. The molecule has 0 aliphatic rings. The Balaban J connectivity index is 3.35. The average molecular weight is 238 g/mol. The molecule has 17 heavy (non-hydrogen) atoms. The largest absolute Gasteiger partial charge is 0.315 e. The van der Waals surface area contributed by atoms with E-state index in [4.69, 9.17) is 0 Å². The maximum Gasteiger partial charge on any atom is 0.0163 e. The lowest BCUT2D eigenvalue weighted by Crippen LogP contribution is -2.25. The summed E-state index contributed by atoms with van der Waals surface area (Å²) < 4.78 is 0. The summed E-state index contributed by atoms with van der Waals surface area (Å²) in [4.78, 5) is 2.38. The van der Waals surface area contributed by atoms with Crippen LogP contribution in [-0.4, -0.2) is 37.1 Å². The number of nitrogens with zero attached hydrogens (tertiary/aromatic N) is 1. The van der Waals surface area contributed by atoms with Crippen molar-refractivity contribution in [3.63, 3.8) is 0 Å². The normalized spacial score (nSPS) is 11.1. The van der Waals surface area contributed by atoms with Crippen LogP contribution in [0.25, 0.3) is 0 Å². The van der Waals surface area contributed by atoms with Gasteiger partial charge in [0.2, 0.25) is 0 Å². The second-order valence-electron chi connectivity index (χ2n) is 4.86. The SMILES string of the molecule is C=CCN(CC=C)CCCCCCNC(C)C. The van der Waals surface area contributed by atoms with Gasteiger partial charge >= 0.3 is 0 Å². The van der Waals surface area contributed by atoms with Crippen LogP contribution in [-0.2, 0) is 0 Å². The Labute approximate surface area is 108 Å². The van der Waals surface area contributed by atoms with Crippen molar-refractivity contribution in [1.29, 1.82) is 0 Å². The van der Waals surface area contributed by atoms with Gasteiger partial charge in [-0.25, -0.2) is 0 Å². The van der Waals surface area contributed by atoms with Crippen LogP contribution in [0.15, 0.2) is 25.3 Å². The van der Waals surface area contributed by atoms with Crippen molar-refractivity contribution in [2.24, 2.45) is 0 Å². The first-order valence-corrected chi connectivity index (χ1v) is 6.88. The summed E-state index contributed by atoms with van der Waals surface area (Å²) in [7, 11) is 0. The molecule has 0 aromatic rings. The molecule has 0 radical (unpaired) electrons. The predicted molar refractivity (Wildman–Crippen MR) is 78.4 cm³/mol. The van der Waals surface area contributed by atoms with E-state index in [1.807, 2.05) is 12.2 Å². The maximum absolute atomic E-state index is 3.78. The fraction of sp³-hybridized carbons (Fsp3) is 0.733. The third kappa shape index (κ3) is 11.7. The van der Waals surface area contributed by atoms with Crippen LogP contribution in [0.4, 0.5) is 0 Å². The van der Waals surface area contributed by atoms with Crippen LogP contribution in [0.5, 0.6) is 0 Å². The standard InChI is InChI=1S/C15H30N2/c1-5-12-17(13-6-2)14-10-8-7-9-11-16-15(3)4/h5-6,15-16H,1-2,7-14H2,3-4H3. The Morgan fingerprint density at radius 2 is 1.59 bits per heavy atom. The summed E-state index contributed by atoms with van der Waals surface area (Å²) in [6, 6.07) is 0.616. The van der Waals surface area contributed by atoms with Gasteiger partial charge in [-0.2, -0.15) is 0 Å². The minimum Gasteiger partial charge on any atom is -0.315 e. The third-order valence-corrected chi connectivity index (χ3v) is 2.73. The summed E-state index contributed by atoms with van der Waals surface area (Å²) in [5, 5.41) is 3.45. The van der Waals surface area contributed by atoms with Gasteiger partial charge in [-0.05, 0) is 25.9 Å². The molecule has 0 unspecified atom stereocenters. The van der Waals surface area contributed by atoms with Crippen LogP contribution in [0, 0.1) is 0 Å². The summed E-state index contributed by atoms with van der Waals surface area (Å²) in [6.45, 7) is 16.2. The van der Waals surface area contributed by atoms with Gasteiger partial charge in [-0.3, -0.25) is 4.90 Å². The molecule has 0 aliphatic carbocycles. The van der Waals surface area contributed by atoms with E-state index in [0.717, 1.165) is 26.2 Å². The van der Waals surface area contributed by atoms with Crippen LogP contribution < -0.4 is 5.32 Å². The third-order valence-electron chi connectivity index (χ3n) is 2.73. The quantitative estimate of drug-likeness (QED) is 0.415. The molecule has 1 N–H and O–H groups in total. The first-order valence-electron chi connectivity index (χ1n) is 6.88. The Morgan fingerprint density at radius 3 is 2.12 bits per heavy atom. The van der Waals surface area contributed by atoms with E-state index < -0.39 is 0 Å². The van der Waals surface area contributed by atoms with E-state index in [1.165, 1.54) is 25.7 Å². The molecule has 2 heteroatoms. The molecule has 100 valence electrons. The van der Waals surface area contributed by atoms with Crippen molar-refractivity contribution in [3.8, 4) is 0 Å². The summed E-state index contributed by atoms with van der Waals surface area (Å²) in [6.07, 6.45) is 9.16. The van der Waals surface area contributed by atoms with Crippen molar-refractivity contribution in [2.45, 2.75) is 45.6 Å².